The molecule has 0 bridgehead atoms. The Hall–Kier alpha value is -1.23. The smallest absolute Gasteiger partial charge is 0.177 e. The summed E-state index contributed by atoms with van der Waals surface area (Å²) in [5.41, 5.74) is 7.35. The number of nitrogens with one attached hydrogen (secondary N) is 1. The highest BCUT2D eigenvalue weighted by atomic mass is 32.2. The van der Waals surface area contributed by atoms with Crippen molar-refractivity contribution in [2.24, 2.45) is 11.3 Å². The van der Waals surface area contributed by atoms with Gasteiger partial charge in [0, 0.05) is 12.8 Å². The molecule has 1 saturated carbocycles. The molecule has 0 spiro atoms. The normalized spacial score (nSPS) is 17.5. The maximum absolute atomic E-state index is 11.6. The lowest BCUT2D eigenvalue weighted by atomic mass is 9.92. The van der Waals surface area contributed by atoms with Gasteiger partial charge in [-0.1, -0.05) is 19.9 Å². The van der Waals surface area contributed by atoms with Crippen LogP contribution in [0.5, 0.6) is 0 Å². The highest BCUT2D eigenvalue weighted by Crippen LogP contribution is 2.51. The van der Waals surface area contributed by atoms with Crippen molar-refractivity contribution in [1.29, 1.82) is 0 Å². The fourth-order valence-electron chi connectivity index (χ4n) is 2.41. The van der Waals surface area contributed by atoms with Crippen molar-refractivity contribution in [2.75, 3.05) is 23.9 Å². The van der Waals surface area contributed by atoms with Crippen molar-refractivity contribution in [3.05, 3.63) is 18.2 Å². The number of hydrogen-bond acceptors (Lipinski definition) is 4. The molecule has 0 atom stereocenters. The van der Waals surface area contributed by atoms with Gasteiger partial charge in [-0.25, -0.2) is 8.42 Å². The molecule has 0 radical (unpaired) electrons. The molecule has 1 aliphatic rings. The van der Waals surface area contributed by atoms with E-state index in [1.54, 1.807) is 12.1 Å². The van der Waals surface area contributed by atoms with Crippen LogP contribution in [0.25, 0.3) is 0 Å². The van der Waals surface area contributed by atoms with Crippen molar-refractivity contribution >= 4 is 21.2 Å². The second-order valence-electron chi connectivity index (χ2n) is 5.86. The minimum atomic E-state index is -3.28. The Bertz CT molecular complexity index is 575. The minimum Gasteiger partial charge on any atom is -0.396 e. The van der Waals surface area contributed by atoms with Gasteiger partial charge in [-0.05, 0) is 36.3 Å². The van der Waals surface area contributed by atoms with Gasteiger partial charge in [0.15, 0.2) is 9.84 Å². The quantitative estimate of drug-likeness (QED) is 0.814. The first kappa shape index (κ1) is 14.2. The van der Waals surface area contributed by atoms with E-state index in [2.05, 4.69) is 19.2 Å². The van der Waals surface area contributed by atoms with Crippen molar-refractivity contribution in [3.63, 3.8) is 0 Å². The number of rotatable bonds is 5. The molecule has 0 unspecified atom stereocenters. The Labute approximate surface area is 115 Å². The highest BCUT2D eigenvalue weighted by Gasteiger charge is 2.44. The van der Waals surface area contributed by atoms with Crippen molar-refractivity contribution in [3.8, 4) is 0 Å². The Morgan fingerprint density at radius 2 is 2.00 bits per heavy atom. The maximum Gasteiger partial charge on any atom is 0.177 e. The number of benzene rings is 1. The molecule has 0 amide bonds. The number of sulfone groups is 1. The van der Waals surface area contributed by atoms with Crippen LogP contribution >= 0.6 is 0 Å². The molecule has 1 aromatic carbocycles. The first-order valence-corrected chi connectivity index (χ1v) is 8.48. The first-order chi connectivity index (χ1) is 8.76. The highest BCUT2D eigenvalue weighted by molar-refractivity contribution is 7.90. The number of nitrogens with two attached hydrogens (primary N) is 1. The fourth-order valence-corrected chi connectivity index (χ4v) is 3.25. The third-order valence-corrected chi connectivity index (χ3v) is 5.37. The van der Waals surface area contributed by atoms with Gasteiger partial charge in [0.05, 0.1) is 16.3 Å². The SMILES string of the molecule is CC(C)C1(CNc2cccc(S(C)(=O)=O)c2N)CC1. The van der Waals surface area contributed by atoms with E-state index in [1.807, 2.05) is 6.07 Å². The maximum atomic E-state index is 11.6. The van der Waals surface area contributed by atoms with Crippen LogP contribution in [0, 0.1) is 11.3 Å². The summed E-state index contributed by atoms with van der Waals surface area (Å²) in [5, 5.41) is 3.32. The summed E-state index contributed by atoms with van der Waals surface area (Å²) in [4.78, 5) is 0.201. The molecule has 1 fully saturated rings. The standard InChI is InChI=1S/C14H22N2O2S/c1-10(2)14(7-8-14)9-16-11-5-4-6-12(13(11)15)19(3,17)18/h4-6,10,16H,7-9,15H2,1-3H3. The predicted octanol–water partition coefficient (Wildman–Crippen LogP) is 2.52. The largest absolute Gasteiger partial charge is 0.396 e. The average Bonchev–Trinajstić information content (AvgIpc) is 3.07. The summed E-state index contributed by atoms with van der Waals surface area (Å²) in [5.74, 6) is 0.624. The van der Waals surface area contributed by atoms with Crippen LogP contribution in [0.15, 0.2) is 23.1 Å². The van der Waals surface area contributed by atoms with Gasteiger partial charge in [0.2, 0.25) is 0 Å². The molecule has 2 rings (SSSR count). The molecular formula is C14H22N2O2S. The van der Waals surface area contributed by atoms with Crippen LogP contribution in [0.3, 0.4) is 0 Å². The van der Waals surface area contributed by atoms with Crippen molar-refractivity contribution < 1.29 is 8.42 Å². The van der Waals surface area contributed by atoms with Crippen LogP contribution in [0.2, 0.25) is 0 Å². The molecule has 4 nitrogen and oxygen atoms in total. The van der Waals surface area contributed by atoms with E-state index in [0.717, 1.165) is 12.2 Å². The molecule has 3 N–H and O–H groups in total. The molecule has 19 heavy (non-hydrogen) atoms. The second kappa shape index (κ2) is 4.71. The van der Waals surface area contributed by atoms with Crippen molar-refractivity contribution in [2.45, 2.75) is 31.6 Å². The topological polar surface area (TPSA) is 72.2 Å². The van der Waals surface area contributed by atoms with Gasteiger partial charge in [-0.15, -0.1) is 0 Å². The first-order valence-electron chi connectivity index (χ1n) is 6.59. The molecule has 106 valence electrons. The zero-order valence-corrected chi connectivity index (χ0v) is 12.5. The third-order valence-electron chi connectivity index (χ3n) is 4.21. The lowest BCUT2D eigenvalue weighted by Gasteiger charge is -2.21. The Morgan fingerprint density at radius 1 is 1.37 bits per heavy atom. The summed E-state index contributed by atoms with van der Waals surface area (Å²) in [6, 6.07) is 5.11. The summed E-state index contributed by atoms with van der Waals surface area (Å²) < 4.78 is 23.2. The van der Waals surface area contributed by atoms with E-state index in [0.29, 0.717) is 17.0 Å². The van der Waals surface area contributed by atoms with Gasteiger partial charge in [0.1, 0.15) is 0 Å². The third kappa shape index (κ3) is 2.86. The summed E-state index contributed by atoms with van der Waals surface area (Å²) in [7, 11) is -3.28. The molecule has 0 saturated heterocycles. The average molecular weight is 282 g/mol. The van der Waals surface area contributed by atoms with Crippen LogP contribution in [-0.2, 0) is 9.84 Å². The lowest BCUT2D eigenvalue weighted by Crippen LogP contribution is -2.21. The zero-order valence-electron chi connectivity index (χ0n) is 11.7. The Kier molecular flexibility index (Phi) is 3.51. The predicted molar refractivity (Wildman–Crippen MR) is 79.0 cm³/mol. The second-order valence-corrected chi connectivity index (χ2v) is 7.84. The monoisotopic (exact) mass is 282 g/mol. The number of hydrogen-bond donors (Lipinski definition) is 2. The van der Waals surface area contributed by atoms with E-state index < -0.39 is 9.84 Å². The number of anilines is 2. The number of para-hydroxylation sites is 1. The summed E-state index contributed by atoms with van der Waals surface area (Å²) >= 11 is 0. The summed E-state index contributed by atoms with van der Waals surface area (Å²) in [6.45, 7) is 5.30. The molecule has 0 aromatic heterocycles. The molecule has 0 aliphatic heterocycles. The molecule has 0 heterocycles. The molecular weight excluding hydrogens is 260 g/mol. The zero-order chi connectivity index (χ0) is 14.3. The van der Waals surface area contributed by atoms with E-state index in [9.17, 15) is 8.42 Å². The van der Waals surface area contributed by atoms with Gasteiger partial charge in [-0.3, -0.25) is 0 Å². The van der Waals surface area contributed by atoms with Gasteiger partial charge in [0.25, 0.3) is 0 Å². The lowest BCUT2D eigenvalue weighted by molar-refractivity contribution is 0.380. The van der Waals surface area contributed by atoms with E-state index in [1.165, 1.54) is 19.1 Å². The van der Waals surface area contributed by atoms with Crippen LogP contribution < -0.4 is 11.1 Å². The molecule has 1 aliphatic carbocycles. The van der Waals surface area contributed by atoms with Gasteiger partial charge >= 0.3 is 0 Å². The van der Waals surface area contributed by atoms with E-state index in [4.69, 9.17) is 5.73 Å². The fraction of sp³-hybridized carbons (Fsp3) is 0.571. The number of nitrogen functional groups attached to an aromatic ring is 1. The molecule has 5 heteroatoms. The van der Waals surface area contributed by atoms with Crippen LogP contribution in [-0.4, -0.2) is 21.2 Å². The van der Waals surface area contributed by atoms with E-state index in [-0.39, 0.29) is 4.90 Å². The van der Waals surface area contributed by atoms with Crippen LogP contribution in [0.1, 0.15) is 26.7 Å². The van der Waals surface area contributed by atoms with Crippen LogP contribution in [0.4, 0.5) is 11.4 Å². The van der Waals surface area contributed by atoms with Gasteiger partial charge < -0.3 is 11.1 Å². The summed E-state index contributed by atoms with van der Waals surface area (Å²) in [6.07, 6.45) is 3.63. The minimum absolute atomic E-state index is 0.201. The molecule has 1 aromatic rings. The van der Waals surface area contributed by atoms with Gasteiger partial charge in [-0.2, -0.15) is 0 Å². The van der Waals surface area contributed by atoms with E-state index >= 15 is 0 Å². The van der Waals surface area contributed by atoms with Crippen molar-refractivity contribution in [1.82, 2.24) is 0 Å². The Balaban J connectivity index is 2.18. The Morgan fingerprint density at radius 3 is 2.47 bits per heavy atom.